The fourth-order valence-corrected chi connectivity index (χ4v) is 3.73. The van der Waals surface area contributed by atoms with Gasteiger partial charge in [-0.05, 0) is 66.4 Å². The lowest BCUT2D eigenvalue weighted by Crippen LogP contribution is -2.12. The highest BCUT2D eigenvalue weighted by Gasteiger charge is 2.20. The number of aliphatic imine (C=N–C) groups is 1. The number of hydrogen-bond acceptors (Lipinski definition) is 5. The van der Waals surface area contributed by atoms with Crippen molar-refractivity contribution in [3.8, 4) is 0 Å². The van der Waals surface area contributed by atoms with Crippen LogP contribution < -0.4 is 5.32 Å². The van der Waals surface area contributed by atoms with E-state index in [1.165, 1.54) is 0 Å². The number of nitrogens with one attached hydrogen (secondary N) is 1. The van der Waals surface area contributed by atoms with Crippen LogP contribution in [0.1, 0.15) is 27.4 Å². The standard InChI is InChI=1S/C21H18BrClN4O2/c1-27(2)11-15-4-6-19(29-15)21(28)25-14-3-5-17(23)16(9-14)18-8-12-7-13(22)10-24-20(12)26-18/h3-7,9-10H,8,11H2,1-2H3,(H,25,28). The minimum absolute atomic E-state index is 0.262. The summed E-state index contributed by atoms with van der Waals surface area (Å²) in [6.07, 6.45) is 2.35. The monoisotopic (exact) mass is 472 g/mol. The lowest BCUT2D eigenvalue weighted by atomic mass is 10.0. The summed E-state index contributed by atoms with van der Waals surface area (Å²) >= 11 is 9.84. The van der Waals surface area contributed by atoms with E-state index in [4.69, 9.17) is 16.0 Å². The number of amides is 1. The van der Waals surface area contributed by atoms with Gasteiger partial charge in [-0.2, -0.15) is 0 Å². The van der Waals surface area contributed by atoms with Crippen molar-refractivity contribution in [2.45, 2.75) is 13.0 Å². The highest BCUT2D eigenvalue weighted by atomic mass is 79.9. The van der Waals surface area contributed by atoms with Crippen LogP contribution in [0.4, 0.5) is 11.5 Å². The molecule has 1 aliphatic heterocycles. The number of benzene rings is 1. The van der Waals surface area contributed by atoms with Gasteiger partial charge >= 0.3 is 0 Å². The van der Waals surface area contributed by atoms with Crippen molar-refractivity contribution >= 4 is 50.7 Å². The van der Waals surface area contributed by atoms with E-state index in [0.29, 0.717) is 29.5 Å². The zero-order valence-electron chi connectivity index (χ0n) is 15.9. The second kappa shape index (κ2) is 8.10. The largest absolute Gasteiger partial charge is 0.455 e. The molecule has 0 aliphatic carbocycles. The molecular weight excluding hydrogens is 456 g/mol. The highest BCUT2D eigenvalue weighted by molar-refractivity contribution is 9.10. The Morgan fingerprint density at radius 2 is 2.10 bits per heavy atom. The SMILES string of the molecule is CN(C)Cc1ccc(C(=O)Nc2ccc(Cl)c(C3=Nc4ncc(Br)cc4C3)c2)o1. The molecule has 0 unspecified atom stereocenters. The molecule has 0 spiro atoms. The fourth-order valence-electron chi connectivity index (χ4n) is 3.12. The molecule has 2 aromatic heterocycles. The molecule has 3 heterocycles. The Kier molecular flexibility index (Phi) is 5.54. The molecule has 8 heteroatoms. The first-order valence-corrected chi connectivity index (χ1v) is 10.1. The number of anilines is 1. The third-order valence-corrected chi connectivity index (χ3v) is 5.16. The van der Waals surface area contributed by atoms with E-state index < -0.39 is 0 Å². The molecule has 0 radical (unpaired) electrons. The van der Waals surface area contributed by atoms with E-state index in [1.807, 2.05) is 31.1 Å². The molecule has 4 rings (SSSR count). The van der Waals surface area contributed by atoms with Gasteiger partial charge in [0.1, 0.15) is 5.76 Å². The highest BCUT2D eigenvalue weighted by Crippen LogP contribution is 2.32. The zero-order chi connectivity index (χ0) is 20.5. The number of halogens is 2. The van der Waals surface area contributed by atoms with Crippen LogP contribution in [0.15, 0.2) is 56.5 Å². The minimum atomic E-state index is -0.314. The number of carbonyl (C=O) groups excluding carboxylic acids is 1. The van der Waals surface area contributed by atoms with E-state index in [0.717, 1.165) is 27.1 Å². The quantitative estimate of drug-likeness (QED) is 0.561. The summed E-state index contributed by atoms with van der Waals surface area (Å²) in [7, 11) is 3.88. The number of furan rings is 1. The van der Waals surface area contributed by atoms with E-state index in [9.17, 15) is 4.79 Å². The first kappa shape index (κ1) is 19.8. The van der Waals surface area contributed by atoms with Crippen LogP contribution >= 0.6 is 27.5 Å². The number of aromatic nitrogens is 1. The van der Waals surface area contributed by atoms with E-state index in [1.54, 1.807) is 30.5 Å². The summed E-state index contributed by atoms with van der Waals surface area (Å²) < 4.78 is 6.53. The van der Waals surface area contributed by atoms with Crippen LogP contribution in [-0.2, 0) is 13.0 Å². The molecular formula is C21H18BrClN4O2. The molecule has 1 amide bonds. The van der Waals surface area contributed by atoms with Crippen molar-refractivity contribution < 1.29 is 9.21 Å². The van der Waals surface area contributed by atoms with Crippen molar-refractivity contribution in [1.29, 1.82) is 0 Å². The molecule has 3 aromatic rings. The Bertz CT molecular complexity index is 1120. The number of rotatable bonds is 5. The van der Waals surface area contributed by atoms with Crippen LogP contribution in [-0.4, -0.2) is 35.6 Å². The Morgan fingerprint density at radius 3 is 2.90 bits per heavy atom. The molecule has 1 aromatic carbocycles. The number of carbonyl (C=O) groups is 1. The second-order valence-electron chi connectivity index (χ2n) is 7.02. The van der Waals surface area contributed by atoms with Gasteiger partial charge < -0.3 is 14.6 Å². The Balaban J connectivity index is 1.53. The summed E-state index contributed by atoms with van der Waals surface area (Å²) in [4.78, 5) is 23.5. The maximum atomic E-state index is 12.5. The van der Waals surface area contributed by atoms with E-state index in [-0.39, 0.29) is 11.7 Å². The average Bonchev–Trinajstić information content (AvgIpc) is 3.29. The first-order chi connectivity index (χ1) is 13.9. The summed E-state index contributed by atoms with van der Waals surface area (Å²) in [5, 5.41) is 3.43. The van der Waals surface area contributed by atoms with Gasteiger partial charge in [-0.1, -0.05) is 11.6 Å². The number of hydrogen-bond donors (Lipinski definition) is 1. The van der Waals surface area contributed by atoms with Crippen LogP contribution in [0.25, 0.3) is 0 Å². The van der Waals surface area contributed by atoms with Gasteiger partial charge in [0.05, 0.1) is 12.3 Å². The maximum Gasteiger partial charge on any atom is 0.291 e. The normalized spacial score (nSPS) is 12.8. The molecule has 1 N–H and O–H groups in total. The van der Waals surface area contributed by atoms with E-state index in [2.05, 4.69) is 31.2 Å². The lowest BCUT2D eigenvalue weighted by Gasteiger charge is -2.09. The van der Waals surface area contributed by atoms with Crippen LogP contribution in [0.5, 0.6) is 0 Å². The Hall–Kier alpha value is -2.48. The molecule has 148 valence electrons. The number of nitrogens with zero attached hydrogens (tertiary/aromatic N) is 3. The van der Waals surface area contributed by atoms with Crippen molar-refractivity contribution in [1.82, 2.24) is 9.88 Å². The third-order valence-electron chi connectivity index (χ3n) is 4.40. The molecule has 0 bridgehead atoms. The van der Waals surface area contributed by atoms with Gasteiger partial charge in [0.2, 0.25) is 0 Å². The summed E-state index contributed by atoms with van der Waals surface area (Å²) in [6.45, 7) is 0.628. The predicted octanol–water partition coefficient (Wildman–Crippen LogP) is 5.08. The zero-order valence-corrected chi connectivity index (χ0v) is 18.2. The molecule has 0 saturated heterocycles. The molecule has 0 atom stereocenters. The van der Waals surface area contributed by atoms with Crippen molar-refractivity contribution in [3.05, 3.63) is 74.7 Å². The first-order valence-electron chi connectivity index (χ1n) is 8.96. The topological polar surface area (TPSA) is 70.7 Å². The molecule has 0 fully saturated rings. The van der Waals surface area contributed by atoms with Crippen molar-refractivity contribution in [2.75, 3.05) is 19.4 Å². The second-order valence-corrected chi connectivity index (χ2v) is 8.35. The van der Waals surface area contributed by atoms with Crippen LogP contribution in [0.3, 0.4) is 0 Å². The Morgan fingerprint density at radius 1 is 1.28 bits per heavy atom. The van der Waals surface area contributed by atoms with Crippen LogP contribution in [0, 0.1) is 0 Å². The fraction of sp³-hybridized carbons (Fsp3) is 0.190. The van der Waals surface area contributed by atoms with Gasteiger partial charge in [-0.3, -0.25) is 4.79 Å². The van der Waals surface area contributed by atoms with Crippen molar-refractivity contribution in [2.24, 2.45) is 4.99 Å². The maximum absolute atomic E-state index is 12.5. The molecule has 0 saturated carbocycles. The van der Waals surface area contributed by atoms with Crippen LogP contribution in [0.2, 0.25) is 5.02 Å². The van der Waals surface area contributed by atoms with Gasteiger partial charge in [0.15, 0.2) is 11.6 Å². The van der Waals surface area contributed by atoms with E-state index >= 15 is 0 Å². The Labute approximate surface area is 181 Å². The molecule has 1 aliphatic rings. The minimum Gasteiger partial charge on any atom is -0.455 e. The summed E-state index contributed by atoms with van der Waals surface area (Å²) in [6, 6.07) is 10.8. The number of fused-ring (bicyclic) bond motifs is 1. The van der Waals surface area contributed by atoms with Gasteiger partial charge in [-0.25, -0.2) is 9.98 Å². The summed E-state index contributed by atoms with van der Waals surface area (Å²) in [5.41, 5.74) is 3.24. The van der Waals surface area contributed by atoms with Crippen molar-refractivity contribution in [3.63, 3.8) is 0 Å². The van der Waals surface area contributed by atoms with Gasteiger partial charge in [-0.15, -0.1) is 0 Å². The summed E-state index contributed by atoms with van der Waals surface area (Å²) in [5.74, 6) is 1.37. The van der Waals surface area contributed by atoms with Gasteiger partial charge in [0, 0.05) is 38.9 Å². The third kappa shape index (κ3) is 4.42. The average molecular weight is 474 g/mol. The smallest absolute Gasteiger partial charge is 0.291 e. The molecule has 6 nitrogen and oxygen atoms in total. The van der Waals surface area contributed by atoms with Gasteiger partial charge in [0.25, 0.3) is 5.91 Å². The molecule has 29 heavy (non-hydrogen) atoms. The lowest BCUT2D eigenvalue weighted by molar-refractivity contribution is 0.0993. The predicted molar refractivity (Wildman–Crippen MR) is 117 cm³/mol. The number of pyridine rings is 1.